The van der Waals surface area contributed by atoms with Crippen LogP contribution in [-0.4, -0.2) is 59.6 Å². The van der Waals surface area contributed by atoms with E-state index in [0.717, 1.165) is 36.9 Å². The van der Waals surface area contributed by atoms with Crippen LogP contribution in [0.4, 0.5) is 5.82 Å². The van der Waals surface area contributed by atoms with Gasteiger partial charge in [0, 0.05) is 31.3 Å². The van der Waals surface area contributed by atoms with E-state index in [-0.39, 0.29) is 18.2 Å². The van der Waals surface area contributed by atoms with Crippen molar-refractivity contribution in [2.45, 2.75) is 62.8 Å². The van der Waals surface area contributed by atoms with Crippen LogP contribution in [0.1, 0.15) is 49.5 Å². The highest BCUT2D eigenvalue weighted by atomic mass is 16.6. The van der Waals surface area contributed by atoms with Crippen LogP contribution in [0.25, 0.3) is 0 Å². The molecule has 0 spiro atoms. The standard InChI is InChI=1S/C22H30N4O3/c1-2-6-16(7-3-1)19-10-18(29-25-19)11-26-12-20-21(13-26)28-15-17(14-27-20)24-22-8-4-5-9-23-22/h4-5,8-10,16-17,20-21H,1-3,6-7,11-15H2,(H,23,24)/t20-,21-/m0/s1. The normalized spacial score (nSPS) is 26.9. The highest BCUT2D eigenvalue weighted by molar-refractivity contribution is 5.34. The third kappa shape index (κ3) is 4.63. The molecule has 5 rings (SSSR count). The van der Waals surface area contributed by atoms with Gasteiger partial charge in [-0.2, -0.15) is 0 Å². The van der Waals surface area contributed by atoms with Crippen molar-refractivity contribution in [3.63, 3.8) is 0 Å². The monoisotopic (exact) mass is 398 g/mol. The van der Waals surface area contributed by atoms with Gasteiger partial charge in [0.15, 0.2) is 5.76 Å². The van der Waals surface area contributed by atoms with Gasteiger partial charge in [-0.05, 0) is 25.0 Å². The zero-order chi connectivity index (χ0) is 19.5. The summed E-state index contributed by atoms with van der Waals surface area (Å²) in [5.74, 6) is 2.40. The molecule has 7 nitrogen and oxygen atoms in total. The number of nitrogens with one attached hydrogen (secondary N) is 1. The minimum absolute atomic E-state index is 0.103. The second-order valence-corrected chi connectivity index (χ2v) is 8.55. The number of likely N-dealkylation sites (tertiary alicyclic amines) is 1. The van der Waals surface area contributed by atoms with Crippen molar-refractivity contribution < 1.29 is 14.0 Å². The van der Waals surface area contributed by atoms with Gasteiger partial charge in [0.2, 0.25) is 0 Å². The van der Waals surface area contributed by atoms with E-state index in [2.05, 4.69) is 26.4 Å². The van der Waals surface area contributed by atoms with Gasteiger partial charge in [0.25, 0.3) is 0 Å². The molecule has 2 saturated heterocycles. The van der Waals surface area contributed by atoms with E-state index in [1.165, 1.54) is 32.1 Å². The maximum absolute atomic E-state index is 6.18. The molecule has 29 heavy (non-hydrogen) atoms. The minimum atomic E-state index is 0.103. The third-order valence-corrected chi connectivity index (χ3v) is 6.31. The molecule has 0 radical (unpaired) electrons. The SMILES string of the molecule is c1ccc(NC2CO[C@H]3CN(Cc4cc(C5CCCCC5)no4)C[C@@H]3OC2)nc1. The summed E-state index contributed by atoms with van der Waals surface area (Å²) < 4.78 is 18.0. The first kappa shape index (κ1) is 19.0. The van der Waals surface area contributed by atoms with Crippen LogP contribution in [0.5, 0.6) is 0 Å². The summed E-state index contributed by atoms with van der Waals surface area (Å²) in [7, 11) is 0. The van der Waals surface area contributed by atoms with Crippen LogP contribution in [0.3, 0.4) is 0 Å². The molecule has 1 aliphatic carbocycles. The number of rotatable bonds is 5. The first-order valence-electron chi connectivity index (χ1n) is 10.9. The molecule has 2 aromatic heterocycles. The summed E-state index contributed by atoms with van der Waals surface area (Å²) in [6.45, 7) is 3.75. The quantitative estimate of drug-likeness (QED) is 0.829. The average Bonchev–Trinajstić information content (AvgIpc) is 3.34. The van der Waals surface area contributed by atoms with Crippen LogP contribution in [0, 0.1) is 0 Å². The van der Waals surface area contributed by atoms with E-state index < -0.39 is 0 Å². The van der Waals surface area contributed by atoms with E-state index in [4.69, 9.17) is 14.0 Å². The minimum Gasteiger partial charge on any atom is -0.372 e. The first-order chi connectivity index (χ1) is 14.3. The third-order valence-electron chi connectivity index (χ3n) is 6.31. The Morgan fingerprint density at radius 2 is 1.83 bits per heavy atom. The van der Waals surface area contributed by atoms with Gasteiger partial charge in [0.05, 0.1) is 43.7 Å². The smallest absolute Gasteiger partial charge is 0.150 e. The largest absolute Gasteiger partial charge is 0.372 e. The highest BCUT2D eigenvalue weighted by Gasteiger charge is 2.37. The van der Waals surface area contributed by atoms with Gasteiger partial charge >= 0.3 is 0 Å². The van der Waals surface area contributed by atoms with E-state index >= 15 is 0 Å². The van der Waals surface area contributed by atoms with Crippen molar-refractivity contribution in [1.29, 1.82) is 0 Å². The molecule has 2 aliphatic heterocycles. The molecule has 3 fully saturated rings. The molecule has 0 bridgehead atoms. The Bertz CT molecular complexity index is 761. The van der Waals surface area contributed by atoms with Gasteiger partial charge in [-0.1, -0.05) is 30.5 Å². The number of anilines is 1. The summed E-state index contributed by atoms with van der Waals surface area (Å²) in [5, 5.41) is 7.76. The van der Waals surface area contributed by atoms with Crippen LogP contribution in [0.2, 0.25) is 0 Å². The van der Waals surface area contributed by atoms with E-state index in [9.17, 15) is 0 Å². The summed E-state index contributed by atoms with van der Waals surface area (Å²) in [6.07, 6.45) is 8.47. The number of hydrogen-bond acceptors (Lipinski definition) is 7. The van der Waals surface area contributed by atoms with Gasteiger partial charge in [-0.25, -0.2) is 4.98 Å². The Morgan fingerprint density at radius 3 is 2.55 bits per heavy atom. The van der Waals surface area contributed by atoms with Crippen LogP contribution in [-0.2, 0) is 16.0 Å². The van der Waals surface area contributed by atoms with Crippen molar-refractivity contribution in [2.24, 2.45) is 0 Å². The fraction of sp³-hybridized carbons (Fsp3) is 0.636. The topological polar surface area (TPSA) is 72.7 Å². The first-order valence-corrected chi connectivity index (χ1v) is 10.9. The molecule has 156 valence electrons. The van der Waals surface area contributed by atoms with Gasteiger partial charge < -0.3 is 19.3 Å². The number of fused-ring (bicyclic) bond motifs is 1. The van der Waals surface area contributed by atoms with Crippen LogP contribution in [0.15, 0.2) is 35.0 Å². The van der Waals surface area contributed by atoms with Crippen molar-refractivity contribution in [3.8, 4) is 0 Å². The lowest BCUT2D eigenvalue weighted by atomic mass is 9.87. The van der Waals surface area contributed by atoms with Crippen LogP contribution < -0.4 is 5.32 Å². The fourth-order valence-corrected chi connectivity index (χ4v) is 4.75. The zero-order valence-electron chi connectivity index (χ0n) is 16.8. The molecule has 2 atom stereocenters. The molecule has 7 heteroatoms. The molecule has 3 aliphatic rings. The lowest BCUT2D eigenvalue weighted by Crippen LogP contribution is -2.31. The molecule has 1 saturated carbocycles. The van der Waals surface area contributed by atoms with Crippen LogP contribution >= 0.6 is 0 Å². The molecule has 0 amide bonds. The average molecular weight is 399 g/mol. The predicted octanol–water partition coefficient (Wildman–Crippen LogP) is 3.20. The summed E-state index contributed by atoms with van der Waals surface area (Å²) >= 11 is 0. The van der Waals surface area contributed by atoms with Crippen molar-refractivity contribution in [1.82, 2.24) is 15.0 Å². The van der Waals surface area contributed by atoms with Gasteiger partial charge in [0.1, 0.15) is 5.82 Å². The molecular weight excluding hydrogens is 368 g/mol. The number of pyridine rings is 1. The molecule has 2 aromatic rings. The summed E-state index contributed by atoms with van der Waals surface area (Å²) in [5.41, 5.74) is 1.14. The molecule has 4 heterocycles. The van der Waals surface area contributed by atoms with E-state index in [1.807, 2.05) is 18.2 Å². The maximum atomic E-state index is 6.18. The Labute approximate surface area is 171 Å². The Morgan fingerprint density at radius 1 is 1.03 bits per heavy atom. The molecular formula is C22H30N4O3. The number of nitrogens with zero attached hydrogens (tertiary/aromatic N) is 3. The van der Waals surface area contributed by atoms with Gasteiger partial charge in [-0.15, -0.1) is 0 Å². The number of aromatic nitrogens is 2. The second kappa shape index (κ2) is 8.81. The van der Waals surface area contributed by atoms with E-state index in [1.54, 1.807) is 6.20 Å². The maximum Gasteiger partial charge on any atom is 0.150 e. The Hall–Kier alpha value is -1.96. The van der Waals surface area contributed by atoms with Crippen molar-refractivity contribution >= 4 is 5.82 Å². The highest BCUT2D eigenvalue weighted by Crippen LogP contribution is 2.32. The lowest BCUT2D eigenvalue weighted by Gasteiger charge is -2.19. The Balaban J connectivity index is 1.12. The fourth-order valence-electron chi connectivity index (χ4n) is 4.75. The van der Waals surface area contributed by atoms with Crippen molar-refractivity contribution in [3.05, 3.63) is 41.9 Å². The van der Waals surface area contributed by atoms with E-state index in [0.29, 0.717) is 19.1 Å². The second-order valence-electron chi connectivity index (χ2n) is 8.55. The molecule has 0 unspecified atom stereocenters. The number of ether oxygens (including phenoxy) is 2. The van der Waals surface area contributed by atoms with Gasteiger partial charge in [-0.3, -0.25) is 4.90 Å². The lowest BCUT2D eigenvalue weighted by molar-refractivity contribution is -0.00461. The summed E-state index contributed by atoms with van der Waals surface area (Å²) in [6, 6.07) is 8.14. The van der Waals surface area contributed by atoms with Crippen molar-refractivity contribution in [2.75, 3.05) is 31.6 Å². The molecule has 0 aromatic carbocycles. The summed E-state index contributed by atoms with van der Waals surface area (Å²) in [4.78, 5) is 6.68. The predicted molar refractivity (Wildman–Crippen MR) is 109 cm³/mol. The zero-order valence-corrected chi connectivity index (χ0v) is 16.8. The molecule has 1 N–H and O–H groups in total. The Kier molecular flexibility index (Phi) is 5.78. The number of hydrogen-bond donors (Lipinski definition) is 1.